The highest BCUT2D eigenvalue weighted by Crippen LogP contribution is 2.20. The molecule has 0 saturated heterocycles. The molecule has 0 radical (unpaired) electrons. The smallest absolute Gasteiger partial charge is 0.160 e. The van der Waals surface area contributed by atoms with Gasteiger partial charge in [-0.1, -0.05) is 36.4 Å². The van der Waals surface area contributed by atoms with E-state index in [1.807, 2.05) is 19.9 Å². The summed E-state index contributed by atoms with van der Waals surface area (Å²) in [5.41, 5.74) is 6.40. The number of aliphatic hydroxyl groups excluding tert-OH is 1. The first-order chi connectivity index (χ1) is 11.1. The fraction of sp³-hybridized carbons (Fsp3) is 0.263. The minimum absolute atomic E-state index is 0.0618. The van der Waals surface area contributed by atoms with Crippen molar-refractivity contribution in [2.24, 2.45) is 0 Å². The Bertz CT molecular complexity index is 860. The molecule has 0 unspecified atom stereocenters. The first-order valence-electron chi connectivity index (χ1n) is 7.76. The lowest BCUT2D eigenvalue weighted by Crippen LogP contribution is -2.03. The maximum Gasteiger partial charge on any atom is 0.160 e. The normalized spacial score (nSPS) is 11.7. The molecule has 2 heterocycles. The van der Waals surface area contributed by atoms with E-state index in [9.17, 15) is 0 Å². The Morgan fingerprint density at radius 3 is 2.52 bits per heavy atom. The number of fused-ring (bicyclic) bond motifs is 1. The van der Waals surface area contributed by atoms with Crippen LogP contribution in [0, 0.1) is 20.8 Å². The van der Waals surface area contributed by atoms with Crippen molar-refractivity contribution in [1.29, 1.82) is 0 Å². The number of nitrogens with zero attached hydrogens (tertiary/aromatic N) is 3. The summed E-state index contributed by atoms with van der Waals surface area (Å²) < 4.78 is 2.16. The van der Waals surface area contributed by atoms with Gasteiger partial charge in [-0.05, 0) is 43.5 Å². The second-order valence-corrected chi connectivity index (χ2v) is 5.82. The van der Waals surface area contributed by atoms with Crippen LogP contribution in [-0.2, 0) is 6.54 Å². The van der Waals surface area contributed by atoms with Crippen molar-refractivity contribution in [3.63, 3.8) is 0 Å². The van der Waals surface area contributed by atoms with Gasteiger partial charge in [-0.3, -0.25) is 0 Å². The Hall–Kier alpha value is -2.46. The van der Waals surface area contributed by atoms with Crippen LogP contribution in [0.4, 0.5) is 0 Å². The van der Waals surface area contributed by atoms with Crippen LogP contribution in [0.5, 0.6) is 0 Å². The van der Waals surface area contributed by atoms with Gasteiger partial charge in [0.2, 0.25) is 0 Å². The predicted octanol–water partition coefficient (Wildman–Crippen LogP) is 3.41. The standard InChI is InChI=1S/C19H21N3O/c1-13-11-14(2)20-19-18(13)21-15(3)22(19)12-17-8-6-16(7-9-17)5-4-10-23/h4-9,11,23H,10,12H2,1-3H3. The molecular weight excluding hydrogens is 286 g/mol. The van der Waals surface area contributed by atoms with Gasteiger partial charge in [0.05, 0.1) is 13.2 Å². The highest BCUT2D eigenvalue weighted by Gasteiger charge is 2.11. The van der Waals surface area contributed by atoms with Crippen LogP contribution in [0.15, 0.2) is 36.4 Å². The molecule has 0 aliphatic rings. The van der Waals surface area contributed by atoms with Gasteiger partial charge in [-0.2, -0.15) is 0 Å². The highest BCUT2D eigenvalue weighted by atomic mass is 16.2. The van der Waals surface area contributed by atoms with Crippen LogP contribution in [-0.4, -0.2) is 26.2 Å². The average Bonchev–Trinajstić information content (AvgIpc) is 2.83. The minimum Gasteiger partial charge on any atom is -0.392 e. The number of aromatic nitrogens is 3. The predicted molar refractivity (Wildman–Crippen MR) is 93.4 cm³/mol. The Morgan fingerprint density at radius 1 is 1.09 bits per heavy atom. The maximum absolute atomic E-state index is 8.83. The molecule has 3 aromatic rings. The van der Waals surface area contributed by atoms with E-state index >= 15 is 0 Å². The summed E-state index contributed by atoms with van der Waals surface area (Å²) in [5, 5.41) is 8.83. The number of pyridine rings is 1. The quantitative estimate of drug-likeness (QED) is 0.803. The van der Waals surface area contributed by atoms with Gasteiger partial charge >= 0.3 is 0 Å². The Morgan fingerprint density at radius 2 is 1.83 bits per heavy atom. The molecule has 118 valence electrons. The number of benzene rings is 1. The average molecular weight is 307 g/mol. The third-order valence-electron chi connectivity index (χ3n) is 3.95. The van der Waals surface area contributed by atoms with E-state index in [1.165, 1.54) is 11.1 Å². The van der Waals surface area contributed by atoms with Gasteiger partial charge in [0, 0.05) is 5.69 Å². The van der Waals surface area contributed by atoms with Crippen LogP contribution in [0.2, 0.25) is 0 Å². The van der Waals surface area contributed by atoms with Gasteiger partial charge < -0.3 is 9.67 Å². The molecule has 1 N–H and O–H groups in total. The molecule has 0 saturated carbocycles. The summed E-state index contributed by atoms with van der Waals surface area (Å²) in [4.78, 5) is 9.34. The van der Waals surface area contributed by atoms with Crippen LogP contribution >= 0.6 is 0 Å². The Balaban J connectivity index is 1.95. The number of aliphatic hydroxyl groups is 1. The van der Waals surface area contributed by atoms with E-state index in [-0.39, 0.29) is 6.61 Å². The topological polar surface area (TPSA) is 50.9 Å². The van der Waals surface area contributed by atoms with E-state index in [4.69, 9.17) is 5.11 Å². The SMILES string of the molecule is Cc1cc(C)c2nc(C)n(Cc3ccc(C=CCO)cc3)c2n1. The van der Waals surface area contributed by atoms with E-state index in [0.717, 1.165) is 34.8 Å². The van der Waals surface area contributed by atoms with Crippen LogP contribution in [0.3, 0.4) is 0 Å². The van der Waals surface area contributed by atoms with Crippen molar-refractivity contribution in [2.45, 2.75) is 27.3 Å². The molecule has 0 atom stereocenters. The third-order valence-corrected chi connectivity index (χ3v) is 3.95. The van der Waals surface area contributed by atoms with Crippen molar-refractivity contribution in [1.82, 2.24) is 14.5 Å². The lowest BCUT2D eigenvalue weighted by atomic mass is 10.1. The van der Waals surface area contributed by atoms with Crippen LogP contribution in [0.1, 0.15) is 28.2 Å². The van der Waals surface area contributed by atoms with Gasteiger partial charge in [0.25, 0.3) is 0 Å². The molecule has 4 nitrogen and oxygen atoms in total. The van der Waals surface area contributed by atoms with Crippen molar-refractivity contribution in [2.75, 3.05) is 6.61 Å². The second kappa shape index (κ2) is 6.34. The molecule has 0 fully saturated rings. The monoisotopic (exact) mass is 307 g/mol. The van der Waals surface area contributed by atoms with Crippen molar-refractivity contribution in [3.8, 4) is 0 Å². The van der Waals surface area contributed by atoms with Crippen LogP contribution < -0.4 is 0 Å². The summed E-state index contributed by atoms with van der Waals surface area (Å²) in [6, 6.07) is 10.4. The fourth-order valence-corrected chi connectivity index (χ4v) is 2.81. The lowest BCUT2D eigenvalue weighted by molar-refractivity contribution is 0.343. The Kier molecular flexibility index (Phi) is 4.26. The molecule has 23 heavy (non-hydrogen) atoms. The molecule has 0 bridgehead atoms. The summed E-state index contributed by atoms with van der Waals surface area (Å²) >= 11 is 0. The second-order valence-electron chi connectivity index (χ2n) is 5.82. The molecule has 4 heteroatoms. The molecular formula is C19H21N3O. The zero-order valence-electron chi connectivity index (χ0n) is 13.7. The summed E-state index contributed by atoms with van der Waals surface area (Å²) in [5.74, 6) is 0.977. The van der Waals surface area contributed by atoms with Gasteiger partial charge in [-0.25, -0.2) is 9.97 Å². The van der Waals surface area contributed by atoms with Crippen molar-refractivity contribution in [3.05, 3.63) is 64.6 Å². The summed E-state index contributed by atoms with van der Waals surface area (Å²) in [7, 11) is 0. The number of hydrogen-bond donors (Lipinski definition) is 1. The largest absolute Gasteiger partial charge is 0.392 e. The first kappa shape index (κ1) is 15.4. The summed E-state index contributed by atoms with van der Waals surface area (Å²) in [6.45, 7) is 6.93. The minimum atomic E-state index is 0.0618. The number of imidazole rings is 1. The van der Waals surface area contributed by atoms with Gasteiger partial charge in [0.1, 0.15) is 11.3 Å². The molecule has 0 aliphatic carbocycles. The van der Waals surface area contributed by atoms with E-state index in [2.05, 4.69) is 51.8 Å². The first-order valence-corrected chi connectivity index (χ1v) is 7.76. The number of rotatable bonds is 4. The lowest BCUT2D eigenvalue weighted by Gasteiger charge is -2.08. The van der Waals surface area contributed by atoms with Crippen molar-refractivity contribution >= 4 is 17.2 Å². The fourth-order valence-electron chi connectivity index (χ4n) is 2.81. The zero-order valence-corrected chi connectivity index (χ0v) is 13.7. The molecule has 0 amide bonds. The molecule has 3 rings (SSSR count). The van der Waals surface area contributed by atoms with E-state index in [0.29, 0.717) is 0 Å². The molecule has 2 aromatic heterocycles. The highest BCUT2D eigenvalue weighted by molar-refractivity contribution is 5.76. The zero-order chi connectivity index (χ0) is 16.4. The number of hydrogen-bond acceptors (Lipinski definition) is 3. The molecule has 0 aliphatic heterocycles. The maximum atomic E-state index is 8.83. The van der Waals surface area contributed by atoms with Crippen molar-refractivity contribution < 1.29 is 5.11 Å². The number of aryl methyl sites for hydroxylation is 3. The molecule has 0 spiro atoms. The Labute approximate surface area is 136 Å². The van der Waals surface area contributed by atoms with Gasteiger partial charge in [0.15, 0.2) is 5.65 Å². The van der Waals surface area contributed by atoms with E-state index < -0.39 is 0 Å². The van der Waals surface area contributed by atoms with Crippen LogP contribution in [0.25, 0.3) is 17.2 Å². The van der Waals surface area contributed by atoms with Gasteiger partial charge in [-0.15, -0.1) is 0 Å². The molecule has 1 aromatic carbocycles. The summed E-state index contributed by atoms with van der Waals surface area (Å²) in [6.07, 6.45) is 3.65. The van der Waals surface area contributed by atoms with E-state index in [1.54, 1.807) is 6.08 Å². The third kappa shape index (κ3) is 3.17.